The van der Waals surface area contributed by atoms with Gasteiger partial charge in [0.15, 0.2) is 0 Å². The molecule has 0 fully saturated rings. The zero-order valence-corrected chi connectivity index (χ0v) is 10.6. The van der Waals surface area contributed by atoms with Crippen LogP contribution < -0.4 is 4.90 Å². The molecule has 0 unspecified atom stereocenters. The summed E-state index contributed by atoms with van der Waals surface area (Å²) >= 11 is 0. The zero-order chi connectivity index (χ0) is 13.0. The van der Waals surface area contributed by atoms with Crippen LogP contribution in [0.5, 0.6) is 0 Å². The predicted molar refractivity (Wildman–Crippen MR) is 72.2 cm³/mol. The van der Waals surface area contributed by atoms with E-state index in [1.165, 1.54) is 5.56 Å². The highest BCUT2D eigenvalue weighted by atomic mass is 15.1. The highest BCUT2D eigenvalue weighted by Crippen LogP contribution is 2.21. The Balaban J connectivity index is 2.24. The second kappa shape index (κ2) is 5.33. The van der Waals surface area contributed by atoms with Crippen molar-refractivity contribution in [3.05, 3.63) is 59.4 Å². The summed E-state index contributed by atoms with van der Waals surface area (Å²) < 4.78 is 0. The maximum atomic E-state index is 9.17. The minimum Gasteiger partial charge on any atom is -0.369 e. The number of hydrogen-bond acceptors (Lipinski definition) is 3. The van der Waals surface area contributed by atoms with Crippen molar-refractivity contribution in [1.29, 1.82) is 5.26 Å². The van der Waals surface area contributed by atoms with Crippen molar-refractivity contribution in [3.8, 4) is 6.07 Å². The Bertz CT molecular complexity index is 570. The lowest BCUT2D eigenvalue weighted by molar-refractivity contribution is 0.917. The summed E-state index contributed by atoms with van der Waals surface area (Å²) in [6.07, 6.45) is 3.56. The molecule has 0 saturated carbocycles. The van der Waals surface area contributed by atoms with Crippen LogP contribution in [0.25, 0.3) is 0 Å². The molecule has 0 bridgehead atoms. The molecule has 0 aliphatic carbocycles. The molecule has 90 valence electrons. The Morgan fingerprint density at radius 2 is 1.94 bits per heavy atom. The van der Waals surface area contributed by atoms with Gasteiger partial charge in [-0.15, -0.1) is 0 Å². The van der Waals surface area contributed by atoms with Crippen molar-refractivity contribution in [2.24, 2.45) is 0 Å². The first-order valence-corrected chi connectivity index (χ1v) is 5.81. The van der Waals surface area contributed by atoms with Gasteiger partial charge in [0, 0.05) is 26.0 Å². The van der Waals surface area contributed by atoms with E-state index in [0.717, 1.165) is 17.8 Å². The lowest BCUT2D eigenvalue weighted by Gasteiger charge is -2.20. The van der Waals surface area contributed by atoms with Gasteiger partial charge in [0.1, 0.15) is 6.07 Å². The van der Waals surface area contributed by atoms with Crippen LogP contribution in [0, 0.1) is 18.3 Å². The average Bonchev–Trinajstić information content (AvgIpc) is 2.39. The van der Waals surface area contributed by atoms with E-state index in [0.29, 0.717) is 5.56 Å². The summed E-state index contributed by atoms with van der Waals surface area (Å²) in [5.41, 5.74) is 3.95. The van der Waals surface area contributed by atoms with E-state index in [1.807, 2.05) is 44.3 Å². The smallest absolute Gasteiger partial charge is 0.101 e. The molecule has 1 heterocycles. The quantitative estimate of drug-likeness (QED) is 0.824. The normalized spacial score (nSPS) is 9.83. The molecular weight excluding hydrogens is 222 g/mol. The zero-order valence-electron chi connectivity index (χ0n) is 10.6. The van der Waals surface area contributed by atoms with E-state index in [2.05, 4.69) is 16.0 Å². The molecule has 1 aromatic carbocycles. The van der Waals surface area contributed by atoms with Gasteiger partial charge >= 0.3 is 0 Å². The largest absolute Gasteiger partial charge is 0.369 e. The lowest BCUT2D eigenvalue weighted by Crippen LogP contribution is -2.17. The summed E-state index contributed by atoms with van der Waals surface area (Å²) in [5, 5.41) is 9.17. The SMILES string of the molecule is Cc1ccc(N(C)Cc2ccncc2)c(C#N)c1. The van der Waals surface area contributed by atoms with Crippen molar-refractivity contribution in [2.45, 2.75) is 13.5 Å². The number of pyridine rings is 1. The topological polar surface area (TPSA) is 39.9 Å². The van der Waals surface area contributed by atoms with E-state index < -0.39 is 0 Å². The van der Waals surface area contributed by atoms with Crippen LogP contribution in [-0.4, -0.2) is 12.0 Å². The summed E-state index contributed by atoms with van der Waals surface area (Å²) in [6, 6.07) is 12.2. The fourth-order valence-electron chi connectivity index (χ4n) is 1.92. The van der Waals surface area contributed by atoms with Gasteiger partial charge in [0.25, 0.3) is 0 Å². The number of benzene rings is 1. The fourth-order valence-corrected chi connectivity index (χ4v) is 1.92. The summed E-state index contributed by atoms with van der Waals surface area (Å²) in [6.45, 7) is 2.76. The molecule has 0 amide bonds. The molecule has 0 atom stereocenters. The van der Waals surface area contributed by atoms with Gasteiger partial charge in [-0.3, -0.25) is 4.98 Å². The van der Waals surface area contributed by atoms with Crippen LogP contribution in [0.2, 0.25) is 0 Å². The number of anilines is 1. The van der Waals surface area contributed by atoms with E-state index in [4.69, 9.17) is 0 Å². The van der Waals surface area contributed by atoms with E-state index in [9.17, 15) is 5.26 Å². The van der Waals surface area contributed by atoms with Crippen molar-refractivity contribution in [1.82, 2.24) is 4.98 Å². The summed E-state index contributed by atoms with van der Waals surface area (Å²) in [5.74, 6) is 0. The van der Waals surface area contributed by atoms with Gasteiger partial charge in [-0.25, -0.2) is 0 Å². The Labute approximate surface area is 107 Å². The van der Waals surface area contributed by atoms with Gasteiger partial charge < -0.3 is 4.90 Å². The number of aromatic nitrogens is 1. The Morgan fingerprint density at radius 3 is 2.61 bits per heavy atom. The molecule has 0 aliphatic rings. The second-order valence-electron chi connectivity index (χ2n) is 4.34. The third-order valence-corrected chi connectivity index (χ3v) is 2.85. The van der Waals surface area contributed by atoms with Crippen LogP contribution in [0.15, 0.2) is 42.7 Å². The Hall–Kier alpha value is -2.34. The molecule has 2 aromatic rings. The fraction of sp³-hybridized carbons (Fsp3) is 0.200. The molecule has 2 rings (SSSR count). The molecule has 0 radical (unpaired) electrons. The van der Waals surface area contributed by atoms with E-state index in [1.54, 1.807) is 12.4 Å². The third-order valence-electron chi connectivity index (χ3n) is 2.85. The van der Waals surface area contributed by atoms with Gasteiger partial charge in [-0.05, 0) is 42.3 Å². The molecule has 3 heteroatoms. The number of hydrogen-bond donors (Lipinski definition) is 0. The van der Waals surface area contributed by atoms with E-state index in [-0.39, 0.29) is 0 Å². The lowest BCUT2D eigenvalue weighted by atomic mass is 10.1. The van der Waals surface area contributed by atoms with Crippen LogP contribution in [0.3, 0.4) is 0 Å². The van der Waals surface area contributed by atoms with Crippen molar-refractivity contribution >= 4 is 5.69 Å². The molecule has 0 saturated heterocycles. The molecule has 0 N–H and O–H groups in total. The standard InChI is InChI=1S/C15H15N3/c1-12-3-4-15(14(9-12)10-16)18(2)11-13-5-7-17-8-6-13/h3-9H,11H2,1-2H3. The second-order valence-corrected chi connectivity index (χ2v) is 4.34. The predicted octanol–water partition coefficient (Wildman–Crippen LogP) is 2.90. The van der Waals surface area contributed by atoms with Gasteiger partial charge in [-0.1, -0.05) is 6.07 Å². The molecule has 1 aromatic heterocycles. The highest BCUT2D eigenvalue weighted by Gasteiger charge is 2.07. The van der Waals surface area contributed by atoms with Gasteiger partial charge in [-0.2, -0.15) is 5.26 Å². The Kier molecular flexibility index (Phi) is 3.59. The minimum absolute atomic E-state index is 0.714. The first-order chi connectivity index (χ1) is 8.70. The van der Waals surface area contributed by atoms with Crippen LogP contribution >= 0.6 is 0 Å². The molecular formula is C15H15N3. The molecule has 0 spiro atoms. The van der Waals surface area contributed by atoms with Gasteiger partial charge in [0.2, 0.25) is 0 Å². The number of nitrogens with zero attached hydrogens (tertiary/aromatic N) is 3. The van der Waals surface area contributed by atoms with Gasteiger partial charge in [0.05, 0.1) is 11.3 Å². The van der Waals surface area contributed by atoms with Crippen LogP contribution in [0.1, 0.15) is 16.7 Å². The van der Waals surface area contributed by atoms with E-state index >= 15 is 0 Å². The summed E-state index contributed by atoms with van der Waals surface area (Å²) in [7, 11) is 1.99. The first-order valence-electron chi connectivity index (χ1n) is 5.81. The van der Waals surface area contributed by atoms with Crippen LogP contribution in [-0.2, 0) is 6.54 Å². The number of nitriles is 1. The maximum absolute atomic E-state index is 9.17. The highest BCUT2D eigenvalue weighted by molar-refractivity contribution is 5.60. The molecule has 3 nitrogen and oxygen atoms in total. The maximum Gasteiger partial charge on any atom is 0.101 e. The molecule has 0 aliphatic heterocycles. The average molecular weight is 237 g/mol. The van der Waals surface area contributed by atoms with Crippen LogP contribution in [0.4, 0.5) is 5.69 Å². The monoisotopic (exact) mass is 237 g/mol. The van der Waals surface area contributed by atoms with Crippen molar-refractivity contribution < 1.29 is 0 Å². The Morgan fingerprint density at radius 1 is 1.22 bits per heavy atom. The number of aryl methyl sites for hydroxylation is 1. The number of rotatable bonds is 3. The summed E-state index contributed by atoms with van der Waals surface area (Å²) in [4.78, 5) is 6.08. The minimum atomic E-state index is 0.714. The van der Waals surface area contributed by atoms with Crippen molar-refractivity contribution in [2.75, 3.05) is 11.9 Å². The van der Waals surface area contributed by atoms with Crippen molar-refractivity contribution in [3.63, 3.8) is 0 Å². The molecule has 18 heavy (non-hydrogen) atoms. The first kappa shape index (κ1) is 12.1. The third kappa shape index (κ3) is 2.67.